The van der Waals surface area contributed by atoms with E-state index in [1.165, 1.54) is 11.1 Å². The van der Waals surface area contributed by atoms with Gasteiger partial charge in [0.25, 0.3) is 0 Å². The van der Waals surface area contributed by atoms with Gasteiger partial charge in [-0.25, -0.2) is 0 Å². The number of hydrogen-bond donors (Lipinski definition) is 1. The fourth-order valence-electron chi connectivity index (χ4n) is 3.44. The van der Waals surface area contributed by atoms with Crippen LogP contribution in [0.15, 0.2) is 36.4 Å². The fourth-order valence-corrected chi connectivity index (χ4v) is 3.44. The van der Waals surface area contributed by atoms with Crippen LogP contribution in [0.5, 0.6) is 11.5 Å². The minimum atomic E-state index is -0.303. The number of carbonyl (C=O) groups excluding carboxylic acids is 1. The molecule has 0 aliphatic carbocycles. The number of methoxy groups -OCH3 is 2. The first-order chi connectivity index (χ1) is 12.0. The van der Waals surface area contributed by atoms with Gasteiger partial charge in [-0.15, -0.1) is 0 Å². The number of nitrogens with zero attached hydrogens (tertiary/aromatic N) is 1. The Kier molecular flexibility index (Phi) is 4.95. The Hall–Kier alpha value is -2.53. The van der Waals surface area contributed by atoms with Crippen molar-refractivity contribution < 1.29 is 14.3 Å². The second-order valence-corrected chi connectivity index (χ2v) is 6.43. The summed E-state index contributed by atoms with van der Waals surface area (Å²) in [6.45, 7) is 3.38. The molecule has 0 bridgehead atoms. The summed E-state index contributed by atoms with van der Waals surface area (Å²) in [5.74, 6) is 1.11. The van der Waals surface area contributed by atoms with Crippen LogP contribution in [0.25, 0.3) is 0 Å². The fraction of sp³-hybridized carbons (Fsp3) is 0.350. The lowest BCUT2D eigenvalue weighted by Crippen LogP contribution is -2.48. The minimum Gasteiger partial charge on any atom is -0.493 e. The molecule has 1 heterocycles. The molecule has 0 saturated heterocycles. The highest BCUT2D eigenvalue weighted by atomic mass is 16.5. The molecule has 1 unspecified atom stereocenters. The summed E-state index contributed by atoms with van der Waals surface area (Å²) in [5, 5.41) is 0. The highest BCUT2D eigenvalue weighted by Gasteiger charge is 2.30. The lowest BCUT2D eigenvalue weighted by atomic mass is 9.92. The number of nitrogens with two attached hydrogens (primary N) is 1. The van der Waals surface area contributed by atoms with Crippen molar-refractivity contribution in [1.29, 1.82) is 0 Å². The van der Waals surface area contributed by atoms with Crippen molar-refractivity contribution in [3.05, 3.63) is 58.7 Å². The predicted molar refractivity (Wildman–Crippen MR) is 96.7 cm³/mol. The van der Waals surface area contributed by atoms with E-state index >= 15 is 0 Å². The Morgan fingerprint density at radius 2 is 1.80 bits per heavy atom. The number of ether oxygens (including phenoxy) is 2. The summed E-state index contributed by atoms with van der Waals surface area (Å²) in [6, 6.07) is 11.9. The molecule has 1 aliphatic heterocycles. The van der Waals surface area contributed by atoms with Crippen LogP contribution < -0.4 is 15.2 Å². The number of fused-ring (bicyclic) bond motifs is 1. The van der Waals surface area contributed by atoms with Crippen molar-refractivity contribution in [1.82, 2.24) is 4.90 Å². The zero-order valence-electron chi connectivity index (χ0n) is 14.9. The van der Waals surface area contributed by atoms with E-state index in [1.54, 1.807) is 14.2 Å². The average molecular weight is 340 g/mol. The SMILES string of the molecule is COc1cc(C)c(CN2Cc3ccccc3CC2C(N)=O)cc1OC. The number of rotatable bonds is 5. The third kappa shape index (κ3) is 3.46. The molecule has 0 fully saturated rings. The maximum absolute atomic E-state index is 12.0. The molecule has 5 nitrogen and oxygen atoms in total. The Balaban J connectivity index is 1.92. The molecule has 2 aromatic carbocycles. The van der Waals surface area contributed by atoms with Gasteiger partial charge in [0.05, 0.1) is 20.3 Å². The summed E-state index contributed by atoms with van der Waals surface area (Å²) in [6.07, 6.45) is 0.651. The van der Waals surface area contributed by atoms with Crippen molar-refractivity contribution in [2.45, 2.75) is 32.5 Å². The standard InChI is InChI=1S/C20H24N2O3/c1-13-8-18(24-2)19(25-3)10-16(13)12-22-11-15-7-5-4-6-14(15)9-17(22)20(21)23/h4-8,10,17H,9,11-12H2,1-3H3,(H2,21,23). The molecule has 0 saturated carbocycles. The van der Waals surface area contributed by atoms with Gasteiger partial charge in [0.15, 0.2) is 11.5 Å². The molecule has 1 aliphatic rings. The van der Waals surface area contributed by atoms with Gasteiger partial charge < -0.3 is 15.2 Å². The third-order valence-corrected chi connectivity index (χ3v) is 4.89. The topological polar surface area (TPSA) is 64.8 Å². The summed E-state index contributed by atoms with van der Waals surface area (Å²) >= 11 is 0. The first kappa shape index (κ1) is 17.3. The van der Waals surface area contributed by atoms with Gasteiger partial charge in [-0.1, -0.05) is 24.3 Å². The number of primary amides is 1. The largest absolute Gasteiger partial charge is 0.493 e. The highest BCUT2D eigenvalue weighted by Crippen LogP contribution is 2.32. The van der Waals surface area contributed by atoms with Crippen molar-refractivity contribution >= 4 is 5.91 Å². The molecule has 1 atom stereocenters. The second kappa shape index (κ2) is 7.15. The highest BCUT2D eigenvalue weighted by molar-refractivity contribution is 5.80. The number of benzene rings is 2. The van der Waals surface area contributed by atoms with Crippen LogP contribution in [0.4, 0.5) is 0 Å². The van der Waals surface area contributed by atoms with E-state index in [1.807, 2.05) is 31.2 Å². The maximum Gasteiger partial charge on any atom is 0.235 e. The number of amides is 1. The molecule has 25 heavy (non-hydrogen) atoms. The third-order valence-electron chi connectivity index (χ3n) is 4.89. The van der Waals surface area contributed by atoms with Crippen LogP contribution in [0.2, 0.25) is 0 Å². The van der Waals surface area contributed by atoms with Gasteiger partial charge in [0.1, 0.15) is 0 Å². The summed E-state index contributed by atoms with van der Waals surface area (Å²) in [7, 11) is 3.25. The van der Waals surface area contributed by atoms with Crippen molar-refractivity contribution in [3.63, 3.8) is 0 Å². The molecule has 1 amide bonds. The first-order valence-corrected chi connectivity index (χ1v) is 8.35. The number of hydrogen-bond acceptors (Lipinski definition) is 4. The summed E-state index contributed by atoms with van der Waals surface area (Å²) in [4.78, 5) is 14.1. The molecule has 2 aromatic rings. The van der Waals surface area contributed by atoms with Gasteiger partial charge >= 0.3 is 0 Å². The summed E-state index contributed by atoms with van der Waals surface area (Å²) < 4.78 is 10.8. The molecular formula is C20H24N2O3. The normalized spacial score (nSPS) is 17.0. The number of carbonyl (C=O) groups is 1. The van der Waals surface area contributed by atoms with E-state index in [4.69, 9.17) is 15.2 Å². The van der Waals surface area contributed by atoms with Crippen molar-refractivity contribution in [2.75, 3.05) is 14.2 Å². The van der Waals surface area contributed by atoms with Gasteiger partial charge in [-0.05, 0) is 47.7 Å². The Bertz CT molecular complexity index is 789. The smallest absolute Gasteiger partial charge is 0.235 e. The van der Waals surface area contributed by atoms with E-state index in [2.05, 4.69) is 17.0 Å². The lowest BCUT2D eigenvalue weighted by Gasteiger charge is -2.35. The van der Waals surface area contributed by atoms with Crippen LogP contribution >= 0.6 is 0 Å². The van der Waals surface area contributed by atoms with E-state index in [-0.39, 0.29) is 11.9 Å². The monoisotopic (exact) mass is 340 g/mol. The van der Waals surface area contributed by atoms with E-state index in [0.29, 0.717) is 31.0 Å². The van der Waals surface area contributed by atoms with E-state index in [0.717, 1.165) is 11.1 Å². The Morgan fingerprint density at radius 3 is 2.44 bits per heavy atom. The number of aryl methyl sites for hydroxylation is 1. The van der Waals surface area contributed by atoms with Gasteiger partial charge in [0.2, 0.25) is 5.91 Å². The first-order valence-electron chi connectivity index (χ1n) is 8.35. The van der Waals surface area contributed by atoms with Crippen LogP contribution in [0.3, 0.4) is 0 Å². The van der Waals surface area contributed by atoms with Crippen LogP contribution in [-0.2, 0) is 24.3 Å². The Morgan fingerprint density at radius 1 is 1.16 bits per heavy atom. The molecule has 0 spiro atoms. The average Bonchev–Trinajstić information content (AvgIpc) is 2.62. The zero-order chi connectivity index (χ0) is 18.0. The molecule has 3 rings (SSSR count). The molecule has 132 valence electrons. The molecular weight excluding hydrogens is 316 g/mol. The zero-order valence-corrected chi connectivity index (χ0v) is 14.9. The Labute approximate surface area is 148 Å². The quantitative estimate of drug-likeness (QED) is 0.908. The predicted octanol–water partition coefficient (Wildman–Crippen LogP) is 2.42. The molecule has 0 radical (unpaired) electrons. The van der Waals surface area contributed by atoms with E-state index in [9.17, 15) is 4.79 Å². The van der Waals surface area contributed by atoms with Gasteiger partial charge in [0, 0.05) is 13.1 Å². The van der Waals surface area contributed by atoms with Crippen molar-refractivity contribution in [3.8, 4) is 11.5 Å². The second-order valence-electron chi connectivity index (χ2n) is 6.43. The van der Waals surface area contributed by atoms with Gasteiger partial charge in [-0.3, -0.25) is 9.69 Å². The molecule has 5 heteroatoms. The van der Waals surface area contributed by atoms with Gasteiger partial charge in [-0.2, -0.15) is 0 Å². The van der Waals surface area contributed by atoms with Crippen LogP contribution in [0, 0.1) is 6.92 Å². The summed E-state index contributed by atoms with van der Waals surface area (Å²) in [5.41, 5.74) is 10.3. The molecule has 0 aromatic heterocycles. The maximum atomic E-state index is 12.0. The minimum absolute atomic E-state index is 0.285. The van der Waals surface area contributed by atoms with E-state index < -0.39 is 0 Å². The molecule has 2 N–H and O–H groups in total. The lowest BCUT2D eigenvalue weighted by molar-refractivity contribution is -0.124. The van der Waals surface area contributed by atoms with Crippen LogP contribution in [-0.4, -0.2) is 31.1 Å². The van der Waals surface area contributed by atoms with Crippen molar-refractivity contribution in [2.24, 2.45) is 5.73 Å². The van der Waals surface area contributed by atoms with Crippen LogP contribution in [0.1, 0.15) is 22.3 Å².